The average molecular weight is 432 g/mol. The second kappa shape index (κ2) is 7.36. The molecule has 136 valence electrons. The van der Waals surface area contributed by atoms with E-state index in [0.29, 0.717) is 14.2 Å². The normalized spacial score (nSPS) is 11.5. The van der Waals surface area contributed by atoms with Crippen molar-refractivity contribution in [2.75, 3.05) is 11.1 Å². The predicted molar refractivity (Wildman–Crippen MR) is 99.8 cm³/mol. The second-order valence-electron chi connectivity index (χ2n) is 5.00. The molecule has 1 N–H and O–H groups in total. The van der Waals surface area contributed by atoms with Crippen LogP contribution in [0.2, 0.25) is 8.67 Å². The van der Waals surface area contributed by atoms with Crippen LogP contribution in [0.25, 0.3) is 11.5 Å². The molecule has 0 radical (unpaired) electrons. The van der Waals surface area contributed by atoms with Gasteiger partial charge in [0.25, 0.3) is 11.8 Å². The average Bonchev–Trinajstić information content (AvgIpc) is 3.20. The summed E-state index contributed by atoms with van der Waals surface area (Å²) in [5, 5.41) is 9.93. The molecule has 3 aromatic rings. The van der Waals surface area contributed by atoms with Gasteiger partial charge in [-0.2, -0.15) is 0 Å². The van der Waals surface area contributed by atoms with E-state index >= 15 is 0 Å². The molecule has 2 heterocycles. The molecule has 1 aromatic carbocycles. The summed E-state index contributed by atoms with van der Waals surface area (Å²) in [6, 6.07) is 7.27. The van der Waals surface area contributed by atoms with Gasteiger partial charge in [0.15, 0.2) is 9.84 Å². The van der Waals surface area contributed by atoms with E-state index < -0.39 is 15.7 Å². The van der Waals surface area contributed by atoms with Crippen molar-refractivity contribution in [3.05, 3.63) is 44.6 Å². The van der Waals surface area contributed by atoms with E-state index in [-0.39, 0.29) is 28.1 Å². The Morgan fingerprint density at radius 1 is 1.27 bits per heavy atom. The van der Waals surface area contributed by atoms with Crippen molar-refractivity contribution in [1.82, 2.24) is 10.2 Å². The van der Waals surface area contributed by atoms with E-state index in [9.17, 15) is 13.2 Å². The Morgan fingerprint density at radius 3 is 2.65 bits per heavy atom. The number of nitrogens with zero attached hydrogens (tertiary/aromatic N) is 2. The van der Waals surface area contributed by atoms with E-state index in [0.717, 1.165) is 11.3 Å². The molecule has 0 fully saturated rings. The lowest BCUT2D eigenvalue weighted by molar-refractivity contribution is 0.102. The van der Waals surface area contributed by atoms with Gasteiger partial charge in [0.1, 0.15) is 4.34 Å². The van der Waals surface area contributed by atoms with Gasteiger partial charge in [0.2, 0.25) is 0 Å². The molecule has 1 amide bonds. The Kier molecular flexibility index (Phi) is 5.33. The SMILES string of the molecule is CCS(=O)(=O)c1ccccc1C(=O)Nc1nnc(-c2cc(Cl)sc2Cl)o1. The van der Waals surface area contributed by atoms with E-state index in [1.54, 1.807) is 18.2 Å². The largest absolute Gasteiger partial charge is 0.403 e. The van der Waals surface area contributed by atoms with Crippen LogP contribution in [-0.4, -0.2) is 30.3 Å². The minimum absolute atomic E-state index is 0.00860. The molecule has 0 bridgehead atoms. The summed E-state index contributed by atoms with van der Waals surface area (Å²) in [5.74, 6) is -0.718. The number of benzene rings is 1. The molecule has 2 aromatic heterocycles. The smallest absolute Gasteiger partial charge is 0.322 e. The number of amides is 1. The maximum absolute atomic E-state index is 12.5. The molecule has 0 aliphatic carbocycles. The molecule has 0 saturated heterocycles. The lowest BCUT2D eigenvalue weighted by Crippen LogP contribution is -2.17. The van der Waals surface area contributed by atoms with Gasteiger partial charge >= 0.3 is 6.01 Å². The van der Waals surface area contributed by atoms with Crippen LogP contribution in [-0.2, 0) is 9.84 Å². The number of carbonyl (C=O) groups is 1. The highest BCUT2D eigenvalue weighted by molar-refractivity contribution is 7.91. The molecular weight excluding hydrogens is 421 g/mol. The Morgan fingerprint density at radius 2 is 2.00 bits per heavy atom. The molecule has 3 rings (SSSR count). The summed E-state index contributed by atoms with van der Waals surface area (Å²) in [6.07, 6.45) is 0. The first-order valence-electron chi connectivity index (χ1n) is 7.23. The maximum atomic E-state index is 12.5. The molecule has 0 aliphatic rings. The van der Waals surface area contributed by atoms with Crippen LogP contribution in [0, 0.1) is 0 Å². The first-order chi connectivity index (χ1) is 12.3. The van der Waals surface area contributed by atoms with E-state index in [1.165, 1.54) is 19.1 Å². The molecule has 0 spiro atoms. The summed E-state index contributed by atoms with van der Waals surface area (Å²) < 4.78 is 30.5. The highest BCUT2D eigenvalue weighted by Gasteiger charge is 2.22. The Hall–Kier alpha value is -1.94. The molecule has 0 aliphatic heterocycles. The number of hydrogen-bond donors (Lipinski definition) is 1. The minimum Gasteiger partial charge on any atom is -0.403 e. The van der Waals surface area contributed by atoms with E-state index in [1.807, 2.05) is 0 Å². The molecule has 0 saturated carbocycles. The predicted octanol–water partition coefficient (Wildman–Crippen LogP) is 4.15. The molecule has 0 unspecified atom stereocenters. The van der Waals surface area contributed by atoms with Gasteiger partial charge in [0, 0.05) is 0 Å². The Bertz CT molecular complexity index is 1080. The van der Waals surface area contributed by atoms with Crippen LogP contribution in [0.5, 0.6) is 0 Å². The van der Waals surface area contributed by atoms with Crippen molar-refractivity contribution in [3.63, 3.8) is 0 Å². The molecule has 11 heteroatoms. The maximum Gasteiger partial charge on any atom is 0.322 e. The van der Waals surface area contributed by atoms with Crippen LogP contribution in [0.15, 0.2) is 39.6 Å². The molecule has 26 heavy (non-hydrogen) atoms. The zero-order chi connectivity index (χ0) is 18.9. The number of anilines is 1. The number of rotatable bonds is 5. The highest BCUT2D eigenvalue weighted by atomic mass is 35.5. The quantitative estimate of drug-likeness (QED) is 0.650. The van der Waals surface area contributed by atoms with Crippen LogP contribution in [0.1, 0.15) is 17.3 Å². The van der Waals surface area contributed by atoms with Crippen LogP contribution < -0.4 is 5.32 Å². The van der Waals surface area contributed by atoms with Gasteiger partial charge < -0.3 is 4.42 Å². The summed E-state index contributed by atoms with van der Waals surface area (Å²) in [4.78, 5) is 12.4. The van der Waals surface area contributed by atoms with Gasteiger partial charge in [-0.05, 0) is 18.2 Å². The zero-order valence-corrected chi connectivity index (χ0v) is 16.3. The number of halogens is 2. The van der Waals surface area contributed by atoms with Gasteiger partial charge in [-0.25, -0.2) is 8.42 Å². The fraction of sp³-hybridized carbons (Fsp3) is 0.133. The number of carbonyl (C=O) groups excluding carboxylic acids is 1. The Balaban J connectivity index is 1.88. The fourth-order valence-electron chi connectivity index (χ4n) is 2.11. The van der Waals surface area contributed by atoms with Crippen molar-refractivity contribution < 1.29 is 17.6 Å². The van der Waals surface area contributed by atoms with Gasteiger partial charge in [-0.3, -0.25) is 10.1 Å². The van der Waals surface area contributed by atoms with Crippen molar-refractivity contribution in [1.29, 1.82) is 0 Å². The molecular formula is C15H11Cl2N3O4S2. The number of nitrogens with one attached hydrogen (secondary N) is 1. The zero-order valence-electron chi connectivity index (χ0n) is 13.2. The van der Waals surface area contributed by atoms with Crippen molar-refractivity contribution >= 4 is 56.3 Å². The number of aromatic nitrogens is 2. The summed E-state index contributed by atoms with van der Waals surface area (Å²) in [6.45, 7) is 1.50. The fourth-order valence-corrected chi connectivity index (χ4v) is 4.65. The first kappa shape index (κ1) is 18.8. The van der Waals surface area contributed by atoms with Crippen molar-refractivity contribution in [2.45, 2.75) is 11.8 Å². The van der Waals surface area contributed by atoms with Gasteiger partial charge in [0.05, 0.1) is 26.1 Å². The minimum atomic E-state index is -3.56. The monoisotopic (exact) mass is 431 g/mol. The Labute approximate surface area is 162 Å². The number of hydrogen-bond acceptors (Lipinski definition) is 7. The topological polar surface area (TPSA) is 102 Å². The summed E-state index contributed by atoms with van der Waals surface area (Å²) >= 11 is 13.0. The standard InChI is InChI=1S/C15H11Cl2N3O4S2/c1-2-26(22,23)10-6-4-3-5-8(10)13(21)18-15-20-19-14(24-15)9-7-11(16)25-12(9)17/h3-7H,2H2,1H3,(H,18,20,21). The third-order valence-corrected chi connectivity index (χ3v) is 6.65. The number of thiophene rings is 1. The van der Waals surface area contributed by atoms with Crippen LogP contribution >= 0.6 is 34.5 Å². The van der Waals surface area contributed by atoms with Crippen LogP contribution in [0.4, 0.5) is 6.01 Å². The van der Waals surface area contributed by atoms with Crippen molar-refractivity contribution in [2.24, 2.45) is 0 Å². The van der Waals surface area contributed by atoms with Crippen molar-refractivity contribution in [3.8, 4) is 11.5 Å². The van der Waals surface area contributed by atoms with Gasteiger partial charge in [-0.15, -0.1) is 16.4 Å². The summed E-state index contributed by atoms with van der Waals surface area (Å²) in [7, 11) is -3.56. The van der Waals surface area contributed by atoms with E-state index in [2.05, 4.69) is 15.5 Å². The second-order valence-corrected chi connectivity index (χ2v) is 9.54. The summed E-state index contributed by atoms with van der Waals surface area (Å²) in [5.41, 5.74) is 0.439. The third-order valence-electron chi connectivity index (χ3n) is 3.38. The lowest BCUT2D eigenvalue weighted by Gasteiger charge is -2.07. The first-order valence-corrected chi connectivity index (χ1v) is 10.5. The molecule has 0 atom stereocenters. The third kappa shape index (κ3) is 3.75. The number of sulfone groups is 1. The lowest BCUT2D eigenvalue weighted by atomic mass is 10.2. The van der Waals surface area contributed by atoms with Crippen LogP contribution in [0.3, 0.4) is 0 Å². The highest BCUT2D eigenvalue weighted by Crippen LogP contribution is 2.37. The van der Waals surface area contributed by atoms with Gasteiger partial charge in [-0.1, -0.05) is 47.4 Å². The molecule has 7 nitrogen and oxygen atoms in total. The van der Waals surface area contributed by atoms with E-state index in [4.69, 9.17) is 27.6 Å².